The predicted molar refractivity (Wildman–Crippen MR) is 68.9 cm³/mol. The zero-order valence-corrected chi connectivity index (χ0v) is 11.0. The van der Waals surface area contributed by atoms with Crippen LogP contribution in [0.4, 0.5) is 0 Å². The third-order valence-electron chi connectivity index (χ3n) is 3.52. The van der Waals surface area contributed by atoms with Crippen molar-refractivity contribution >= 4 is 11.8 Å². The van der Waals surface area contributed by atoms with E-state index in [0.29, 0.717) is 12.0 Å². The fourth-order valence-corrected chi connectivity index (χ4v) is 2.33. The van der Waals surface area contributed by atoms with E-state index in [1.807, 2.05) is 18.2 Å². The van der Waals surface area contributed by atoms with Crippen LogP contribution in [0, 0.1) is 5.92 Å². The lowest BCUT2D eigenvalue weighted by atomic mass is 9.79. The molecule has 0 amide bonds. The predicted octanol–water partition coefficient (Wildman–Crippen LogP) is 2.81. The van der Waals surface area contributed by atoms with Crippen LogP contribution in [0.5, 0.6) is 0 Å². The number of benzene rings is 1. The number of ketones is 1. The minimum absolute atomic E-state index is 0.00104. The highest BCUT2D eigenvalue weighted by molar-refractivity contribution is 6.01. The number of aliphatic carboxylic acids is 1. The zero-order chi connectivity index (χ0) is 13.5. The van der Waals surface area contributed by atoms with Crippen LogP contribution >= 0.6 is 0 Å². The molecule has 1 aliphatic carbocycles. The summed E-state index contributed by atoms with van der Waals surface area (Å²) in [5.41, 5.74) is 2.69. The van der Waals surface area contributed by atoms with Crippen LogP contribution in [0.3, 0.4) is 0 Å². The molecule has 0 saturated heterocycles. The van der Waals surface area contributed by atoms with Gasteiger partial charge in [-0.25, -0.2) is 0 Å². The lowest BCUT2D eigenvalue weighted by Crippen LogP contribution is -2.27. The van der Waals surface area contributed by atoms with Crippen molar-refractivity contribution in [1.29, 1.82) is 0 Å². The van der Waals surface area contributed by atoms with E-state index in [9.17, 15) is 9.59 Å². The minimum Gasteiger partial charge on any atom is -0.481 e. The molecule has 0 spiro atoms. The second-order valence-electron chi connectivity index (χ2n) is 5.99. The molecule has 1 aromatic rings. The topological polar surface area (TPSA) is 54.4 Å². The number of hydrogen-bond acceptors (Lipinski definition) is 2. The van der Waals surface area contributed by atoms with Crippen LogP contribution in [-0.4, -0.2) is 16.9 Å². The van der Waals surface area contributed by atoms with Gasteiger partial charge in [-0.15, -0.1) is 0 Å². The summed E-state index contributed by atoms with van der Waals surface area (Å²) >= 11 is 0. The van der Waals surface area contributed by atoms with Crippen LogP contribution in [0.25, 0.3) is 0 Å². The lowest BCUT2D eigenvalue weighted by Gasteiger charge is -2.25. The van der Waals surface area contributed by atoms with Crippen molar-refractivity contribution in [2.75, 3.05) is 0 Å². The van der Waals surface area contributed by atoms with Gasteiger partial charge in [0.05, 0.1) is 5.92 Å². The quantitative estimate of drug-likeness (QED) is 0.829. The van der Waals surface area contributed by atoms with Crippen molar-refractivity contribution in [2.45, 2.75) is 39.0 Å². The van der Waals surface area contributed by atoms with Gasteiger partial charge < -0.3 is 5.11 Å². The Labute approximate surface area is 107 Å². The summed E-state index contributed by atoms with van der Waals surface area (Å²) in [7, 11) is 0. The molecule has 0 saturated carbocycles. The van der Waals surface area contributed by atoms with Crippen molar-refractivity contribution in [2.24, 2.45) is 5.92 Å². The molecule has 18 heavy (non-hydrogen) atoms. The summed E-state index contributed by atoms with van der Waals surface area (Å²) in [4.78, 5) is 23.0. The molecule has 1 aliphatic rings. The normalized spacial score (nSPS) is 19.5. The SMILES string of the molecule is CC(C)(C)c1ccc2c(c1)C(=O)CC(C(=O)O)C2. The number of carboxylic acids is 1. The highest BCUT2D eigenvalue weighted by Gasteiger charge is 2.30. The molecule has 0 aromatic heterocycles. The van der Waals surface area contributed by atoms with Gasteiger partial charge in [-0.05, 0) is 29.0 Å². The van der Waals surface area contributed by atoms with E-state index in [4.69, 9.17) is 5.11 Å². The van der Waals surface area contributed by atoms with E-state index < -0.39 is 11.9 Å². The van der Waals surface area contributed by atoms with E-state index in [0.717, 1.165) is 11.1 Å². The standard InChI is InChI=1S/C15H18O3/c1-15(2,3)11-5-4-9-6-10(14(17)18)7-13(16)12(9)8-11/h4-5,8,10H,6-7H2,1-3H3,(H,17,18). The molecular formula is C15H18O3. The van der Waals surface area contributed by atoms with Crippen LogP contribution in [0.15, 0.2) is 18.2 Å². The van der Waals surface area contributed by atoms with Crippen LogP contribution in [0.2, 0.25) is 0 Å². The molecular weight excluding hydrogens is 228 g/mol. The van der Waals surface area contributed by atoms with Gasteiger partial charge in [0, 0.05) is 12.0 Å². The Bertz CT molecular complexity index is 509. The molecule has 0 aliphatic heterocycles. The Hall–Kier alpha value is -1.64. The summed E-state index contributed by atoms with van der Waals surface area (Å²) < 4.78 is 0. The Morgan fingerprint density at radius 1 is 1.28 bits per heavy atom. The van der Waals surface area contributed by atoms with Crippen LogP contribution in [0.1, 0.15) is 48.7 Å². The molecule has 96 valence electrons. The molecule has 1 N–H and O–H groups in total. The van der Waals surface area contributed by atoms with Crippen molar-refractivity contribution in [3.05, 3.63) is 34.9 Å². The first kappa shape index (κ1) is 12.8. The van der Waals surface area contributed by atoms with E-state index in [1.165, 1.54) is 0 Å². The molecule has 2 rings (SSSR count). The van der Waals surface area contributed by atoms with E-state index in [2.05, 4.69) is 20.8 Å². The Kier molecular flexibility index (Phi) is 3.01. The number of carbonyl (C=O) groups excluding carboxylic acids is 1. The summed E-state index contributed by atoms with van der Waals surface area (Å²) in [5, 5.41) is 9.01. The molecule has 3 nitrogen and oxygen atoms in total. The van der Waals surface area contributed by atoms with Crippen LogP contribution in [-0.2, 0) is 16.6 Å². The Balaban J connectivity index is 2.41. The summed E-state index contributed by atoms with van der Waals surface area (Å²) in [6.07, 6.45) is 0.580. The summed E-state index contributed by atoms with van der Waals surface area (Å²) in [5.74, 6) is -1.49. The zero-order valence-electron chi connectivity index (χ0n) is 11.0. The number of carboxylic acid groups (broad SMARTS) is 1. The third-order valence-corrected chi connectivity index (χ3v) is 3.52. The van der Waals surface area contributed by atoms with Crippen molar-refractivity contribution in [3.8, 4) is 0 Å². The Morgan fingerprint density at radius 2 is 1.94 bits per heavy atom. The van der Waals surface area contributed by atoms with Crippen LogP contribution < -0.4 is 0 Å². The monoisotopic (exact) mass is 246 g/mol. The first-order chi connectivity index (χ1) is 8.29. The Morgan fingerprint density at radius 3 is 2.50 bits per heavy atom. The molecule has 0 radical (unpaired) electrons. The number of hydrogen-bond donors (Lipinski definition) is 1. The first-order valence-corrected chi connectivity index (χ1v) is 6.18. The molecule has 0 bridgehead atoms. The fourth-order valence-electron chi connectivity index (χ4n) is 2.33. The number of carbonyl (C=O) groups is 2. The molecule has 1 atom stereocenters. The maximum atomic E-state index is 12.0. The fraction of sp³-hybridized carbons (Fsp3) is 0.467. The van der Waals surface area contributed by atoms with Crippen molar-refractivity contribution in [1.82, 2.24) is 0 Å². The maximum absolute atomic E-state index is 12.0. The van der Waals surface area contributed by atoms with Gasteiger partial charge in [0.1, 0.15) is 0 Å². The second kappa shape index (κ2) is 4.23. The number of fused-ring (bicyclic) bond motifs is 1. The largest absolute Gasteiger partial charge is 0.481 e. The van der Waals surface area contributed by atoms with Gasteiger partial charge in [0.2, 0.25) is 0 Å². The van der Waals surface area contributed by atoms with Gasteiger partial charge in [-0.2, -0.15) is 0 Å². The second-order valence-corrected chi connectivity index (χ2v) is 5.99. The van der Waals surface area contributed by atoms with Gasteiger partial charge in [0.15, 0.2) is 5.78 Å². The van der Waals surface area contributed by atoms with Gasteiger partial charge >= 0.3 is 5.97 Å². The van der Waals surface area contributed by atoms with Gasteiger partial charge in [-0.1, -0.05) is 32.9 Å². The average Bonchev–Trinajstić information content (AvgIpc) is 2.27. The van der Waals surface area contributed by atoms with E-state index >= 15 is 0 Å². The van der Waals surface area contributed by atoms with Gasteiger partial charge in [-0.3, -0.25) is 9.59 Å². The number of rotatable bonds is 1. The molecule has 3 heteroatoms. The highest BCUT2D eigenvalue weighted by atomic mass is 16.4. The first-order valence-electron chi connectivity index (χ1n) is 6.18. The number of Topliss-reactive ketones (excluding diaryl/α,β-unsaturated/α-hetero) is 1. The van der Waals surface area contributed by atoms with E-state index in [-0.39, 0.29) is 17.6 Å². The molecule has 1 aromatic carbocycles. The van der Waals surface area contributed by atoms with E-state index in [1.54, 1.807) is 0 Å². The molecule has 1 unspecified atom stereocenters. The summed E-state index contributed by atoms with van der Waals surface area (Å²) in [6, 6.07) is 5.83. The third kappa shape index (κ3) is 2.30. The van der Waals surface area contributed by atoms with Crippen molar-refractivity contribution in [3.63, 3.8) is 0 Å². The summed E-state index contributed by atoms with van der Waals surface area (Å²) in [6.45, 7) is 6.30. The minimum atomic E-state index is -0.881. The lowest BCUT2D eigenvalue weighted by molar-refractivity contribution is -0.141. The highest BCUT2D eigenvalue weighted by Crippen LogP contribution is 2.30. The van der Waals surface area contributed by atoms with Gasteiger partial charge in [0.25, 0.3) is 0 Å². The maximum Gasteiger partial charge on any atom is 0.307 e. The van der Waals surface area contributed by atoms with Crippen molar-refractivity contribution < 1.29 is 14.7 Å². The molecule has 0 fully saturated rings. The average molecular weight is 246 g/mol. The smallest absolute Gasteiger partial charge is 0.307 e. The molecule has 0 heterocycles.